The Kier molecular flexibility index (Phi) is 5.66. The van der Waals surface area contributed by atoms with Gasteiger partial charge in [0.1, 0.15) is 17.5 Å². The predicted octanol–water partition coefficient (Wildman–Crippen LogP) is 2.79. The van der Waals surface area contributed by atoms with E-state index in [4.69, 9.17) is 15.6 Å². The summed E-state index contributed by atoms with van der Waals surface area (Å²) in [4.78, 5) is 12.9. The molecule has 0 radical (unpaired) electrons. The van der Waals surface area contributed by atoms with Crippen LogP contribution in [0.2, 0.25) is 0 Å². The summed E-state index contributed by atoms with van der Waals surface area (Å²) in [6.45, 7) is 6.59. The number of hydrogen-bond donors (Lipinski definition) is 2. The molecule has 0 aromatic carbocycles. The molecule has 1 unspecified atom stereocenters. The fourth-order valence-corrected chi connectivity index (χ4v) is 3.50. The highest BCUT2D eigenvalue weighted by Crippen LogP contribution is 2.42. The molecule has 0 amide bonds. The van der Waals surface area contributed by atoms with E-state index in [2.05, 4.69) is 36.9 Å². The van der Waals surface area contributed by atoms with Crippen molar-refractivity contribution in [3.05, 3.63) is 29.2 Å². The molecule has 0 spiro atoms. The summed E-state index contributed by atoms with van der Waals surface area (Å²) < 4.78 is 1.75. The summed E-state index contributed by atoms with van der Waals surface area (Å²) in [5.74, 6) is 0.904. The van der Waals surface area contributed by atoms with E-state index in [9.17, 15) is 5.26 Å². The lowest BCUT2D eigenvalue weighted by atomic mass is 9.70. The highest BCUT2D eigenvalue weighted by atomic mass is 16.3. The van der Waals surface area contributed by atoms with Crippen LogP contribution in [0.15, 0.2) is 12.4 Å². The summed E-state index contributed by atoms with van der Waals surface area (Å²) in [5.41, 5.74) is 10.9. The predicted molar refractivity (Wildman–Crippen MR) is 99.2 cm³/mol. The van der Waals surface area contributed by atoms with Crippen molar-refractivity contribution in [1.82, 2.24) is 14.8 Å². The number of pyridine rings is 1. The number of nitriles is 1. The molecule has 138 valence electrons. The Bertz CT molecular complexity index is 843. The molecule has 0 aliphatic heterocycles. The monoisotopic (exact) mass is 355 g/mol. The third-order valence-electron chi connectivity index (χ3n) is 4.92. The fraction of sp³-hybridized carbons (Fsp3) is 0.474. The van der Waals surface area contributed by atoms with Crippen LogP contribution >= 0.6 is 0 Å². The van der Waals surface area contributed by atoms with Gasteiger partial charge in [0.15, 0.2) is 0 Å². The molecule has 0 saturated heterocycles. The molecule has 0 bridgehead atoms. The number of rotatable bonds is 1. The lowest BCUT2D eigenvalue weighted by molar-refractivity contribution is -0.122. The molecule has 3 rings (SSSR count). The van der Waals surface area contributed by atoms with Crippen molar-refractivity contribution < 1.29 is 9.90 Å². The summed E-state index contributed by atoms with van der Waals surface area (Å²) in [5, 5.41) is 20.7. The average Bonchev–Trinajstić information content (AvgIpc) is 2.99. The van der Waals surface area contributed by atoms with E-state index in [1.54, 1.807) is 10.9 Å². The molecule has 1 aliphatic carbocycles. The molecular weight excluding hydrogens is 330 g/mol. The van der Waals surface area contributed by atoms with Crippen LogP contribution in [0.5, 0.6) is 0 Å². The van der Waals surface area contributed by atoms with Crippen molar-refractivity contribution in [1.29, 1.82) is 5.26 Å². The fourth-order valence-electron chi connectivity index (χ4n) is 3.50. The molecule has 2 heterocycles. The molecule has 26 heavy (non-hydrogen) atoms. The number of hydrogen-bond acceptors (Lipinski definition) is 5. The SMILES string of the molecule is Cn1cc(-c2c(C#N)c(N)nc3c2CC(C(C)(C)C)CC3)cn1.O=CO. The van der Waals surface area contributed by atoms with Crippen molar-refractivity contribution in [2.75, 3.05) is 5.73 Å². The van der Waals surface area contributed by atoms with Crippen LogP contribution < -0.4 is 5.73 Å². The van der Waals surface area contributed by atoms with E-state index < -0.39 is 0 Å². The van der Waals surface area contributed by atoms with Crippen LogP contribution in [-0.2, 0) is 24.7 Å². The van der Waals surface area contributed by atoms with Crippen molar-refractivity contribution in [3.8, 4) is 17.2 Å². The van der Waals surface area contributed by atoms with Gasteiger partial charge in [-0.15, -0.1) is 0 Å². The molecule has 3 N–H and O–H groups in total. The van der Waals surface area contributed by atoms with E-state index >= 15 is 0 Å². The van der Waals surface area contributed by atoms with E-state index in [-0.39, 0.29) is 11.9 Å². The highest BCUT2D eigenvalue weighted by molar-refractivity contribution is 5.78. The molecular formula is C19H25N5O2. The highest BCUT2D eigenvalue weighted by Gasteiger charge is 2.32. The van der Waals surface area contributed by atoms with Crippen LogP contribution in [-0.4, -0.2) is 26.3 Å². The van der Waals surface area contributed by atoms with Crippen molar-refractivity contribution in [2.24, 2.45) is 18.4 Å². The number of nitrogens with zero attached hydrogens (tertiary/aromatic N) is 4. The quantitative estimate of drug-likeness (QED) is 0.759. The number of aryl methyl sites for hydroxylation is 2. The van der Waals surface area contributed by atoms with Crippen LogP contribution in [0.1, 0.15) is 44.0 Å². The van der Waals surface area contributed by atoms with Crippen LogP contribution in [0.25, 0.3) is 11.1 Å². The molecule has 1 aliphatic rings. The maximum atomic E-state index is 9.60. The molecule has 2 aromatic heterocycles. The topological polar surface area (TPSA) is 118 Å². The largest absolute Gasteiger partial charge is 0.483 e. The summed E-state index contributed by atoms with van der Waals surface area (Å²) in [7, 11) is 1.88. The number of aromatic nitrogens is 3. The first kappa shape index (κ1) is 19.4. The smallest absolute Gasteiger partial charge is 0.290 e. The molecule has 7 nitrogen and oxygen atoms in total. The summed E-state index contributed by atoms with van der Waals surface area (Å²) in [6, 6.07) is 2.25. The number of anilines is 1. The lowest BCUT2D eigenvalue weighted by Gasteiger charge is -2.35. The Hall–Kier alpha value is -2.88. The Morgan fingerprint density at radius 1 is 1.46 bits per heavy atom. The van der Waals surface area contributed by atoms with E-state index in [0.717, 1.165) is 36.1 Å². The third kappa shape index (κ3) is 3.85. The first-order valence-corrected chi connectivity index (χ1v) is 8.51. The lowest BCUT2D eigenvalue weighted by Crippen LogP contribution is -2.28. The van der Waals surface area contributed by atoms with Crippen LogP contribution in [0.4, 0.5) is 5.82 Å². The van der Waals surface area contributed by atoms with Gasteiger partial charge in [-0.2, -0.15) is 10.4 Å². The second-order valence-electron chi connectivity index (χ2n) is 7.60. The van der Waals surface area contributed by atoms with E-state index in [0.29, 0.717) is 17.3 Å². The first-order valence-electron chi connectivity index (χ1n) is 8.51. The van der Waals surface area contributed by atoms with E-state index in [1.165, 1.54) is 5.56 Å². The third-order valence-corrected chi connectivity index (χ3v) is 4.92. The molecule has 0 fully saturated rings. The van der Waals surface area contributed by atoms with Gasteiger partial charge in [-0.25, -0.2) is 4.98 Å². The van der Waals surface area contributed by atoms with Gasteiger partial charge in [0.25, 0.3) is 6.47 Å². The van der Waals surface area contributed by atoms with Gasteiger partial charge in [-0.1, -0.05) is 20.8 Å². The number of nitrogen functional groups attached to an aromatic ring is 1. The maximum absolute atomic E-state index is 9.60. The molecule has 2 aromatic rings. The Morgan fingerprint density at radius 2 is 2.12 bits per heavy atom. The maximum Gasteiger partial charge on any atom is 0.290 e. The molecule has 0 saturated carbocycles. The number of fused-ring (bicyclic) bond motifs is 1. The van der Waals surface area contributed by atoms with Gasteiger partial charge in [0.2, 0.25) is 0 Å². The second-order valence-corrected chi connectivity index (χ2v) is 7.60. The zero-order valence-corrected chi connectivity index (χ0v) is 15.7. The standard InChI is InChI=1S/C18H23N5.CH2O2/c1-18(2,3)12-5-6-15-13(7-12)16(11-9-21-23(4)10-11)14(8-19)17(20)22-15;2-1-3/h9-10,12H,5-7H2,1-4H3,(H2,20,22);1H,(H,2,3). The van der Waals surface area contributed by atoms with Crippen LogP contribution in [0.3, 0.4) is 0 Å². The number of carboxylic acid groups (broad SMARTS) is 1. The second kappa shape index (κ2) is 7.56. The number of nitrogens with two attached hydrogens (primary N) is 1. The molecule has 1 atom stereocenters. The van der Waals surface area contributed by atoms with Crippen LogP contribution in [0, 0.1) is 22.7 Å². The van der Waals surface area contributed by atoms with E-state index in [1.807, 2.05) is 13.2 Å². The van der Waals surface area contributed by atoms with Crippen molar-refractivity contribution >= 4 is 12.3 Å². The van der Waals surface area contributed by atoms with Gasteiger partial charge >= 0.3 is 0 Å². The normalized spacial score (nSPS) is 16.0. The Balaban J connectivity index is 0.000000758. The zero-order chi connectivity index (χ0) is 19.5. The Morgan fingerprint density at radius 3 is 2.62 bits per heavy atom. The van der Waals surface area contributed by atoms with Gasteiger partial charge in [-0.05, 0) is 36.2 Å². The van der Waals surface area contributed by atoms with Crippen molar-refractivity contribution in [2.45, 2.75) is 40.0 Å². The summed E-state index contributed by atoms with van der Waals surface area (Å²) in [6.07, 6.45) is 6.71. The zero-order valence-electron chi connectivity index (χ0n) is 15.7. The minimum atomic E-state index is -0.250. The minimum absolute atomic E-state index is 0.234. The average molecular weight is 355 g/mol. The first-order chi connectivity index (χ1) is 12.2. The Labute approximate surface area is 153 Å². The van der Waals surface area contributed by atoms with Gasteiger partial charge in [0.05, 0.1) is 6.20 Å². The van der Waals surface area contributed by atoms with Gasteiger partial charge < -0.3 is 10.8 Å². The van der Waals surface area contributed by atoms with Gasteiger partial charge in [-0.3, -0.25) is 9.48 Å². The molecule has 7 heteroatoms. The number of carbonyl (C=O) groups is 1. The summed E-state index contributed by atoms with van der Waals surface area (Å²) >= 11 is 0. The van der Waals surface area contributed by atoms with Gasteiger partial charge in [0, 0.05) is 30.1 Å². The van der Waals surface area contributed by atoms with Crippen molar-refractivity contribution in [3.63, 3.8) is 0 Å². The minimum Gasteiger partial charge on any atom is -0.483 e.